The molecule has 5 atom stereocenters. The summed E-state index contributed by atoms with van der Waals surface area (Å²) in [5.41, 5.74) is 1.58. The second-order valence-electron chi connectivity index (χ2n) is 9.59. The number of hydrogen-bond acceptors (Lipinski definition) is 6. The lowest BCUT2D eigenvalue weighted by molar-refractivity contribution is -0.207. The zero-order valence-electron chi connectivity index (χ0n) is 18.8. The molecule has 4 aliphatic rings. The van der Waals surface area contributed by atoms with E-state index in [1.807, 2.05) is 12.1 Å². The summed E-state index contributed by atoms with van der Waals surface area (Å²) in [4.78, 5) is 34.1. The highest BCUT2D eigenvalue weighted by molar-refractivity contribution is 7.91. The van der Waals surface area contributed by atoms with Crippen LogP contribution in [0.1, 0.15) is 23.5 Å². The minimum absolute atomic E-state index is 0.0705. The number of likely N-dealkylation sites (tertiary alicyclic amines) is 1. The average molecular weight is 479 g/mol. The smallest absolute Gasteiger partial charge is 0.261 e. The molecule has 2 bridgehead atoms. The van der Waals surface area contributed by atoms with Crippen molar-refractivity contribution in [3.8, 4) is 0 Å². The summed E-state index contributed by atoms with van der Waals surface area (Å²) >= 11 is 0. The molecule has 2 saturated heterocycles. The molecule has 0 saturated carbocycles. The SMILES string of the molecule is CN1C(=O)[C@H]2ON(CCS(=O)(=O)c3ccccc3)[C@@]3(C4C=CCC3c3ccccc3C4)[C@H]2C1=O. The topological polar surface area (TPSA) is 84.0 Å². The first-order valence-electron chi connectivity index (χ1n) is 11.6. The third kappa shape index (κ3) is 2.85. The van der Waals surface area contributed by atoms with E-state index in [4.69, 9.17) is 4.84 Å². The molecule has 2 aliphatic heterocycles. The number of fused-ring (bicyclic) bond motifs is 3. The summed E-state index contributed by atoms with van der Waals surface area (Å²) in [6, 6.07) is 16.6. The highest BCUT2D eigenvalue weighted by Gasteiger charge is 2.71. The Hall–Kier alpha value is -2.81. The summed E-state index contributed by atoms with van der Waals surface area (Å²) in [5.74, 6) is -1.58. The van der Waals surface area contributed by atoms with Crippen LogP contribution in [0.25, 0.3) is 0 Å². The Morgan fingerprint density at radius 1 is 1.03 bits per heavy atom. The number of benzene rings is 2. The molecule has 0 aromatic heterocycles. The predicted molar refractivity (Wildman–Crippen MR) is 124 cm³/mol. The predicted octanol–water partition coefficient (Wildman–Crippen LogP) is 2.35. The van der Waals surface area contributed by atoms with Crippen molar-refractivity contribution in [3.63, 3.8) is 0 Å². The number of likely N-dealkylation sites (N-methyl/N-ethyl adjacent to an activating group) is 1. The van der Waals surface area contributed by atoms with Crippen LogP contribution >= 0.6 is 0 Å². The van der Waals surface area contributed by atoms with E-state index in [-0.39, 0.29) is 40.8 Å². The van der Waals surface area contributed by atoms with E-state index in [9.17, 15) is 18.0 Å². The normalized spacial score (nSPS) is 32.3. The highest BCUT2D eigenvalue weighted by atomic mass is 32.2. The van der Waals surface area contributed by atoms with Crippen molar-refractivity contribution < 1.29 is 22.8 Å². The number of allylic oxidation sites excluding steroid dienone is 1. The van der Waals surface area contributed by atoms with E-state index in [1.54, 1.807) is 35.4 Å². The van der Waals surface area contributed by atoms with Crippen LogP contribution in [0.5, 0.6) is 0 Å². The molecular formula is C26H26N2O5S. The molecule has 8 heteroatoms. The number of carbonyl (C=O) groups is 2. The summed E-state index contributed by atoms with van der Waals surface area (Å²) in [6.07, 6.45) is 4.77. The van der Waals surface area contributed by atoms with Gasteiger partial charge in [-0.25, -0.2) is 8.42 Å². The van der Waals surface area contributed by atoms with Crippen LogP contribution in [0.4, 0.5) is 0 Å². The van der Waals surface area contributed by atoms with Crippen LogP contribution in [0.3, 0.4) is 0 Å². The molecule has 0 N–H and O–H groups in total. The number of amides is 2. The Morgan fingerprint density at radius 2 is 1.76 bits per heavy atom. The zero-order valence-corrected chi connectivity index (χ0v) is 19.6. The van der Waals surface area contributed by atoms with Gasteiger partial charge in [0.05, 0.1) is 22.1 Å². The van der Waals surface area contributed by atoms with Gasteiger partial charge in [0.2, 0.25) is 5.91 Å². The van der Waals surface area contributed by atoms with E-state index in [1.165, 1.54) is 17.5 Å². The molecule has 6 rings (SSSR count). The molecule has 2 unspecified atom stereocenters. The second kappa shape index (κ2) is 7.60. The van der Waals surface area contributed by atoms with Crippen LogP contribution in [-0.2, 0) is 30.7 Å². The van der Waals surface area contributed by atoms with Gasteiger partial charge in [-0.3, -0.25) is 19.3 Å². The zero-order chi connectivity index (χ0) is 23.7. The fourth-order valence-electron chi connectivity index (χ4n) is 6.60. The van der Waals surface area contributed by atoms with E-state index in [0.717, 1.165) is 5.56 Å². The van der Waals surface area contributed by atoms with Gasteiger partial charge in [-0.1, -0.05) is 54.6 Å². The summed E-state index contributed by atoms with van der Waals surface area (Å²) in [7, 11) is -2.06. The fourth-order valence-corrected chi connectivity index (χ4v) is 7.81. The van der Waals surface area contributed by atoms with Gasteiger partial charge < -0.3 is 0 Å². The largest absolute Gasteiger partial charge is 0.284 e. The molecule has 2 aromatic rings. The lowest BCUT2D eigenvalue weighted by Crippen LogP contribution is -2.63. The third-order valence-corrected chi connectivity index (χ3v) is 9.78. The Bertz CT molecular complexity index is 1310. The average Bonchev–Trinajstić information content (AvgIpc) is 3.27. The number of rotatable bonds is 4. The number of carbonyl (C=O) groups excluding carboxylic acids is 2. The molecule has 2 aromatic carbocycles. The molecule has 7 nitrogen and oxygen atoms in total. The minimum Gasteiger partial charge on any atom is -0.284 e. The van der Waals surface area contributed by atoms with Crippen molar-refractivity contribution in [1.82, 2.24) is 9.96 Å². The maximum atomic E-state index is 13.4. The number of sulfone groups is 1. The van der Waals surface area contributed by atoms with Crippen molar-refractivity contribution in [2.75, 3.05) is 19.3 Å². The number of imide groups is 1. The van der Waals surface area contributed by atoms with Gasteiger partial charge in [0, 0.05) is 25.4 Å². The number of nitrogens with zero attached hydrogens (tertiary/aromatic N) is 2. The van der Waals surface area contributed by atoms with Gasteiger partial charge in [-0.2, -0.15) is 5.06 Å². The molecule has 0 radical (unpaired) electrons. The van der Waals surface area contributed by atoms with E-state index >= 15 is 0 Å². The third-order valence-electron chi connectivity index (χ3n) is 8.07. The Kier molecular flexibility index (Phi) is 4.85. The van der Waals surface area contributed by atoms with Crippen LogP contribution in [0, 0.1) is 11.8 Å². The first-order chi connectivity index (χ1) is 16.4. The first-order valence-corrected chi connectivity index (χ1v) is 13.3. The molecule has 1 spiro atoms. The molecule has 34 heavy (non-hydrogen) atoms. The highest BCUT2D eigenvalue weighted by Crippen LogP contribution is 2.60. The van der Waals surface area contributed by atoms with Crippen molar-refractivity contribution in [2.45, 2.75) is 35.3 Å². The van der Waals surface area contributed by atoms with Gasteiger partial charge in [0.25, 0.3) is 5.91 Å². The molecule has 2 fully saturated rings. The molecule has 2 aliphatic carbocycles. The van der Waals surface area contributed by atoms with Gasteiger partial charge in [-0.15, -0.1) is 0 Å². The van der Waals surface area contributed by atoms with Gasteiger partial charge in [0.1, 0.15) is 0 Å². The van der Waals surface area contributed by atoms with E-state index in [0.29, 0.717) is 12.8 Å². The van der Waals surface area contributed by atoms with Gasteiger partial charge >= 0.3 is 0 Å². The Balaban J connectivity index is 1.45. The van der Waals surface area contributed by atoms with Crippen LogP contribution in [0.2, 0.25) is 0 Å². The second-order valence-corrected chi connectivity index (χ2v) is 11.7. The van der Waals surface area contributed by atoms with Crippen molar-refractivity contribution in [2.24, 2.45) is 11.8 Å². The van der Waals surface area contributed by atoms with E-state index in [2.05, 4.69) is 24.3 Å². The monoisotopic (exact) mass is 478 g/mol. The number of hydroxylamine groups is 2. The first kappa shape index (κ1) is 21.7. The summed E-state index contributed by atoms with van der Waals surface area (Å²) in [5, 5.41) is 1.71. The van der Waals surface area contributed by atoms with Crippen LogP contribution in [0.15, 0.2) is 71.6 Å². The molecule has 2 heterocycles. The minimum atomic E-state index is -3.57. The van der Waals surface area contributed by atoms with Crippen molar-refractivity contribution >= 4 is 21.7 Å². The standard InChI is InChI=1S/C26H26N2O5S/c1-27-24(29)22-23(25(27)30)33-28(14-15-34(31,32)19-10-3-2-4-11-19)26(22)18-9-7-13-21(26)20-12-6-5-8-17(20)16-18/h2-12,18,21-23H,13-16H2,1H3/t18?,21?,22-,23+,26-/m1/s1. The molecular weight excluding hydrogens is 452 g/mol. The molecule has 2 amide bonds. The Morgan fingerprint density at radius 3 is 2.56 bits per heavy atom. The quantitative estimate of drug-likeness (QED) is 0.496. The summed E-state index contributed by atoms with van der Waals surface area (Å²) in [6.45, 7) is 0.0809. The lowest BCUT2D eigenvalue weighted by Gasteiger charge is -2.54. The van der Waals surface area contributed by atoms with Crippen molar-refractivity contribution in [1.29, 1.82) is 0 Å². The fraction of sp³-hybridized carbons (Fsp3) is 0.385. The van der Waals surface area contributed by atoms with Gasteiger partial charge in [0.15, 0.2) is 15.9 Å². The Labute approximate surface area is 198 Å². The van der Waals surface area contributed by atoms with E-state index < -0.39 is 27.4 Å². The van der Waals surface area contributed by atoms with Crippen LogP contribution < -0.4 is 0 Å². The van der Waals surface area contributed by atoms with Gasteiger partial charge in [-0.05, 0) is 36.1 Å². The summed E-state index contributed by atoms with van der Waals surface area (Å²) < 4.78 is 26.2. The number of hydrogen-bond donors (Lipinski definition) is 0. The van der Waals surface area contributed by atoms with Crippen LogP contribution in [-0.4, -0.2) is 61.2 Å². The molecule has 176 valence electrons. The maximum Gasteiger partial charge on any atom is 0.261 e. The van der Waals surface area contributed by atoms with Crippen molar-refractivity contribution in [3.05, 3.63) is 77.9 Å². The maximum absolute atomic E-state index is 13.4. The lowest BCUT2D eigenvalue weighted by atomic mass is 9.55.